The maximum Gasteiger partial charge on any atom is 0.419 e. The van der Waals surface area contributed by atoms with Crippen LogP contribution in [0.1, 0.15) is 18.4 Å². The van der Waals surface area contributed by atoms with Crippen molar-refractivity contribution >= 4 is 17.1 Å². The van der Waals surface area contributed by atoms with E-state index >= 15 is 0 Å². The first-order valence-corrected chi connectivity index (χ1v) is 8.57. The van der Waals surface area contributed by atoms with Gasteiger partial charge in [0.15, 0.2) is 5.58 Å². The van der Waals surface area contributed by atoms with Crippen LogP contribution < -0.4 is 10.5 Å². The lowest BCUT2D eigenvalue weighted by molar-refractivity contribution is -0.144. The molecule has 2 aromatic carbocycles. The van der Waals surface area contributed by atoms with Crippen LogP contribution in [0.3, 0.4) is 0 Å². The maximum atomic E-state index is 11.8. The van der Waals surface area contributed by atoms with Crippen molar-refractivity contribution in [3.8, 4) is 5.75 Å². The van der Waals surface area contributed by atoms with Crippen LogP contribution in [0, 0.1) is 6.92 Å². The number of nitrogens with zero attached hydrogens (tertiary/aromatic N) is 1. The molecular weight excluding hydrogens is 334 g/mol. The Morgan fingerprint density at radius 3 is 2.65 bits per heavy atom. The zero-order valence-corrected chi connectivity index (χ0v) is 14.6. The number of hydrogen-bond donors (Lipinski definition) is 0. The van der Waals surface area contributed by atoms with Gasteiger partial charge in [0.1, 0.15) is 5.75 Å². The molecule has 3 rings (SSSR count). The van der Waals surface area contributed by atoms with E-state index in [0.29, 0.717) is 18.5 Å². The number of carbonyl (C=O) groups excluding carboxylic acids is 1. The van der Waals surface area contributed by atoms with Gasteiger partial charge in [0.2, 0.25) is 0 Å². The molecule has 3 aromatic rings. The highest BCUT2D eigenvalue weighted by Crippen LogP contribution is 2.13. The van der Waals surface area contributed by atoms with Crippen LogP contribution in [0.2, 0.25) is 0 Å². The highest BCUT2D eigenvalue weighted by molar-refractivity contribution is 5.72. The molecule has 0 saturated heterocycles. The van der Waals surface area contributed by atoms with Crippen LogP contribution >= 0.6 is 0 Å². The molecule has 1 aromatic heterocycles. The third-order valence-electron chi connectivity index (χ3n) is 3.96. The summed E-state index contributed by atoms with van der Waals surface area (Å²) in [5, 5.41) is 0. The Hall–Kier alpha value is -3.02. The standard InChI is InChI=1S/C20H21NO5/c1-15-7-9-16(10-8-15)24-14-11-19(22)25-13-4-12-21-17-5-2-3-6-18(17)26-20(21)23/h2-3,5-10H,4,11-14H2,1H3. The molecule has 26 heavy (non-hydrogen) atoms. The van der Waals surface area contributed by atoms with Gasteiger partial charge in [0.05, 0.1) is 25.2 Å². The number of carbonyl (C=O) groups is 1. The smallest absolute Gasteiger partial charge is 0.419 e. The van der Waals surface area contributed by atoms with Crippen LogP contribution in [-0.2, 0) is 16.1 Å². The molecule has 6 nitrogen and oxygen atoms in total. The average molecular weight is 355 g/mol. The molecule has 0 radical (unpaired) electrons. The monoisotopic (exact) mass is 355 g/mol. The second-order valence-electron chi connectivity index (χ2n) is 5.97. The van der Waals surface area contributed by atoms with Crippen LogP contribution in [0.5, 0.6) is 5.75 Å². The third kappa shape index (κ3) is 4.53. The van der Waals surface area contributed by atoms with Gasteiger partial charge < -0.3 is 13.9 Å². The van der Waals surface area contributed by atoms with Crippen LogP contribution in [0.4, 0.5) is 0 Å². The van der Waals surface area contributed by atoms with Crippen LogP contribution in [0.15, 0.2) is 57.7 Å². The molecule has 0 atom stereocenters. The summed E-state index contributed by atoms with van der Waals surface area (Å²) in [6.07, 6.45) is 0.719. The van der Waals surface area contributed by atoms with Crippen molar-refractivity contribution in [2.24, 2.45) is 0 Å². The minimum atomic E-state index is -0.399. The Morgan fingerprint density at radius 2 is 1.85 bits per heavy atom. The van der Waals surface area contributed by atoms with Crippen molar-refractivity contribution in [2.75, 3.05) is 13.2 Å². The van der Waals surface area contributed by atoms with E-state index in [1.807, 2.05) is 49.4 Å². The van der Waals surface area contributed by atoms with Gasteiger partial charge in [0, 0.05) is 6.54 Å². The normalized spacial score (nSPS) is 10.8. The highest BCUT2D eigenvalue weighted by Gasteiger charge is 2.09. The minimum absolute atomic E-state index is 0.183. The molecule has 0 aliphatic heterocycles. The fourth-order valence-corrected chi connectivity index (χ4v) is 2.59. The SMILES string of the molecule is Cc1ccc(OCCC(=O)OCCCn2c(=O)oc3ccccc32)cc1. The fourth-order valence-electron chi connectivity index (χ4n) is 2.59. The molecule has 0 saturated carbocycles. The van der Waals surface area contributed by atoms with Crippen molar-refractivity contribution in [3.63, 3.8) is 0 Å². The van der Waals surface area contributed by atoms with Crippen molar-refractivity contribution < 1.29 is 18.7 Å². The van der Waals surface area contributed by atoms with Gasteiger partial charge in [-0.2, -0.15) is 0 Å². The van der Waals surface area contributed by atoms with E-state index in [-0.39, 0.29) is 25.6 Å². The van der Waals surface area contributed by atoms with E-state index in [1.54, 1.807) is 10.6 Å². The van der Waals surface area contributed by atoms with Gasteiger partial charge in [-0.25, -0.2) is 4.79 Å². The summed E-state index contributed by atoms with van der Waals surface area (Å²) < 4.78 is 17.4. The second kappa shape index (κ2) is 8.38. The van der Waals surface area contributed by atoms with E-state index in [9.17, 15) is 9.59 Å². The first-order valence-electron chi connectivity index (χ1n) is 8.57. The van der Waals surface area contributed by atoms with E-state index in [4.69, 9.17) is 13.9 Å². The fraction of sp³-hybridized carbons (Fsp3) is 0.300. The summed E-state index contributed by atoms with van der Waals surface area (Å²) in [5.41, 5.74) is 2.46. The van der Waals surface area contributed by atoms with Crippen LogP contribution in [-0.4, -0.2) is 23.8 Å². The van der Waals surface area contributed by atoms with E-state index < -0.39 is 5.76 Å². The molecule has 0 spiro atoms. The molecule has 0 bridgehead atoms. The molecule has 0 aliphatic carbocycles. The number of para-hydroxylation sites is 2. The molecule has 0 amide bonds. The van der Waals surface area contributed by atoms with Crippen molar-refractivity contribution in [1.29, 1.82) is 0 Å². The zero-order chi connectivity index (χ0) is 18.4. The largest absolute Gasteiger partial charge is 0.493 e. The quantitative estimate of drug-likeness (QED) is 0.458. The molecule has 0 aliphatic rings. The molecule has 0 fully saturated rings. The Morgan fingerprint density at radius 1 is 1.08 bits per heavy atom. The summed E-state index contributed by atoms with van der Waals surface area (Å²) in [4.78, 5) is 23.6. The molecule has 6 heteroatoms. The number of aryl methyl sites for hydroxylation is 2. The number of esters is 1. The number of ether oxygens (including phenoxy) is 2. The van der Waals surface area contributed by atoms with Gasteiger partial charge in [-0.3, -0.25) is 9.36 Å². The summed E-state index contributed by atoms with van der Waals surface area (Å²) >= 11 is 0. The zero-order valence-electron chi connectivity index (χ0n) is 14.6. The van der Waals surface area contributed by atoms with E-state index in [1.165, 1.54) is 0 Å². The lowest BCUT2D eigenvalue weighted by atomic mass is 10.2. The van der Waals surface area contributed by atoms with Gasteiger partial charge in [-0.1, -0.05) is 29.8 Å². The van der Waals surface area contributed by atoms with E-state index in [2.05, 4.69) is 0 Å². The summed E-state index contributed by atoms with van der Waals surface area (Å²) in [5.74, 6) is 0.0140. The summed E-state index contributed by atoms with van der Waals surface area (Å²) in [7, 11) is 0. The number of rotatable bonds is 8. The van der Waals surface area contributed by atoms with Gasteiger partial charge in [-0.05, 0) is 37.6 Å². The first-order chi connectivity index (χ1) is 12.6. The summed E-state index contributed by atoms with van der Waals surface area (Å²) in [6, 6.07) is 14.9. The van der Waals surface area contributed by atoms with Gasteiger partial charge in [0.25, 0.3) is 0 Å². The highest BCUT2D eigenvalue weighted by atomic mass is 16.5. The molecule has 136 valence electrons. The topological polar surface area (TPSA) is 70.7 Å². The number of oxazole rings is 1. The number of fused-ring (bicyclic) bond motifs is 1. The predicted molar refractivity (Wildman–Crippen MR) is 97.3 cm³/mol. The number of aromatic nitrogens is 1. The predicted octanol–water partition coefficient (Wildman–Crippen LogP) is 3.31. The van der Waals surface area contributed by atoms with Crippen molar-refractivity contribution in [3.05, 3.63) is 64.6 Å². The maximum absolute atomic E-state index is 11.8. The minimum Gasteiger partial charge on any atom is -0.493 e. The second-order valence-corrected chi connectivity index (χ2v) is 5.97. The molecule has 1 heterocycles. The first kappa shape index (κ1) is 17.8. The third-order valence-corrected chi connectivity index (χ3v) is 3.96. The number of hydrogen-bond acceptors (Lipinski definition) is 5. The summed E-state index contributed by atoms with van der Waals surface area (Å²) in [6.45, 7) is 2.95. The van der Waals surface area contributed by atoms with Crippen molar-refractivity contribution in [2.45, 2.75) is 26.3 Å². The lowest BCUT2D eigenvalue weighted by Gasteiger charge is -2.07. The Balaban J connectivity index is 1.38. The Labute approximate surface area is 150 Å². The lowest BCUT2D eigenvalue weighted by Crippen LogP contribution is -2.16. The number of benzene rings is 2. The molecule has 0 unspecified atom stereocenters. The van der Waals surface area contributed by atoms with Crippen LogP contribution in [0.25, 0.3) is 11.1 Å². The van der Waals surface area contributed by atoms with Gasteiger partial charge in [-0.15, -0.1) is 0 Å². The Kier molecular flexibility index (Phi) is 5.73. The van der Waals surface area contributed by atoms with Crippen molar-refractivity contribution in [1.82, 2.24) is 4.57 Å². The molecule has 0 N–H and O–H groups in total. The van der Waals surface area contributed by atoms with E-state index in [0.717, 1.165) is 16.8 Å². The molecular formula is C20H21NO5. The average Bonchev–Trinajstić information content (AvgIpc) is 2.96. The van der Waals surface area contributed by atoms with Gasteiger partial charge >= 0.3 is 11.7 Å². The Bertz CT molecular complexity index is 923.